The monoisotopic (exact) mass is 310 g/mol. The van der Waals surface area contributed by atoms with Gasteiger partial charge in [-0.3, -0.25) is 9.48 Å². The van der Waals surface area contributed by atoms with Gasteiger partial charge < -0.3 is 11.1 Å². The lowest BCUT2D eigenvalue weighted by atomic mass is 10.2. The summed E-state index contributed by atoms with van der Waals surface area (Å²) in [4.78, 5) is 15.7. The first kappa shape index (κ1) is 12.5. The molecule has 0 atom stereocenters. The maximum Gasteiger partial charge on any atom is 0.252 e. The molecule has 0 aliphatic rings. The molecule has 0 saturated heterocycles. The lowest BCUT2D eigenvalue weighted by Crippen LogP contribution is -2.27. The van der Waals surface area contributed by atoms with Crippen molar-refractivity contribution in [3.05, 3.63) is 34.7 Å². The highest BCUT2D eigenvalue weighted by Gasteiger charge is 2.10. The van der Waals surface area contributed by atoms with Crippen LogP contribution in [0.4, 0.5) is 5.82 Å². The predicted octanol–water partition coefficient (Wildman–Crippen LogP) is 0.448. The Morgan fingerprint density at radius 2 is 2.39 bits per heavy atom. The fourth-order valence-corrected chi connectivity index (χ4v) is 1.76. The van der Waals surface area contributed by atoms with Gasteiger partial charge in [0, 0.05) is 23.4 Å². The smallest absolute Gasteiger partial charge is 0.252 e. The minimum absolute atomic E-state index is 0.212. The summed E-state index contributed by atoms with van der Waals surface area (Å²) in [5.74, 6) is 0.0933. The van der Waals surface area contributed by atoms with Crippen LogP contribution in [0, 0.1) is 0 Å². The molecule has 3 N–H and O–H groups in total. The van der Waals surface area contributed by atoms with Crippen LogP contribution < -0.4 is 11.1 Å². The van der Waals surface area contributed by atoms with E-state index in [0.29, 0.717) is 28.9 Å². The Bertz CT molecular complexity index is 541. The molecule has 2 aromatic heterocycles. The van der Waals surface area contributed by atoms with Crippen molar-refractivity contribution in [2.75, 3.05) is 12.3 Å². The molecule has 2 heterocycles. The molecule has 0 unspecified atom stereocenters. The summed E-state index contributed by atoms with van der Waals surface area (Å²) < 4.78 is 2.24. The molecule has 2 rings (SSSR count). The molecule has 0 aromatic carbocycles. The van der Waals surface area contributed by atoms with Crippen LogP contribution in [0.3, 0.4) is 0 Å². The number of anilines is 1. The highest BCUT2D eigenvalue weighted by atomic mass is 79.9. The number of carbonyl (C=O) groups excluding carboxylic acids is 1. The van der Waals surface area contributed by atoms with Crippen molar-refractivity contribution < 1.29 is 4.79 Å². The fraction of sp³-hybridized carbons (Fsp3) is 0.200. The van der Waals surface area contributed by atoms with E-state index in [4.69, 9.17) is 5.73 Å². The predicted molar refractivity (Wildman–Crippen MR) is 68.7 cm³/mol. The first-order valence-corrected chi connectivity index (χ1v) is 5.99. The molecule has 94 valence electrons. The molecule has 0 radical (unpaired) electrons. The van der Waals surface area contributed by atoms with E-state index in [9.17, 15) is 4.79 Å². The number of pyridine rings is 1. The number of aromatic nitrogens is 4. The molecule has 18 heavy (non-hydrogen) atoms. The van der Waals surface area contributed by atoms with Crippen molar-refractivity contribution in [3.63, 3.8) is 0 Å². The molecule has 1 amide bonds. The Labute approximate surface area is 112 Å². The number of nitrogens with zero attached hydrogens (tertiary/aromatic N) is 4. The van der Waals surface area contributed by atoms with Gasteiger partial charge in [-0.05, 0) is 22.0 Å². The normalized spacial score (nSPS) is 10.3. The highest BCUT2D eigenvalue weighted by Crippen LogP contribution is 2.16. The number of hydrogen-bond acceptors (Lipinski definition) is 5. The maximum atomic E-state index is 11.9. The number of halogens is 1. The van der Waals surface area contributed by atoms with Crippen LogP contribution in [0.1, 0.15) is 10.4 Å². The van der Waals surface area contributed by atoms with Crippen molar-refractivity contribution in [1.82, 2.24) is 25.3 Å². The third-order valence-electron chi connectivity index (χ3n) is 2.22. The van der Waals surface area contributed by atoms with Gasteiger partial charge in [-0.15, -0.1) is 5.10 Å². The number of hydrogen-bond donors (Lipinski definition) is 2. The van der Waals surface area contributed by atoms with Crippen LogP contribution in [0.25, 0.3) is 0 Å². The molecule has 7 nitrogen and oxygen atoms in total. The number of nitrogens with one attached hydrogen (secondary N) is 1. The second-order valence-electron chi connectivity index (χ2n) is 3.51. The lowest BCUT2D eigenvalue weighted by molar-refractivity contribution is 0.0951. The van der Waals surface area contributed by atoms with Crippen LogP contribution in [0.2, 0.25) is 0 Å². The minimum atomic E-state index is -0.212. The van der Waals surface area contributed by atoms with Gasteiger partial charge >= 0.3 is 0 Å². The molecule has 8 heteroatoms. The second-order valence-corrected chi connectivity index (χ2v) is 4.37. The number of carbonyl (C=O) groups is 1. The molecular formula is C10H11BrN6O. The summed E-state index contributed by atoms with van der Waals surface area (Å²) in [5, 5.41) is 10.2. The van der Waals surface area contributed by atoms with Crippen LogP contribution in [0.5, 0.6) is 0 Å². The maximum absolute atomic E-state index is 11.9. The highest BCUT2D eigenvalue weighted by molar-refractivity contribution is 9.10. The average Bonchev–Trinajstić information content (AvgIpc) is 2.85. The van der Waals surface area contributed by atoms with E-state index in [1.165, 1.54) is 12.3 Å². The van der Waals surface area contributed by atoms with Crippen LogP contribution in [-0.4, -0.2) is 32.4 Å². The van der Waals surface area contributed by atoms with Gasteiger partial charge in [-0.1, -0.05) is 5.21 Å². The lowest BCUT2D eigenvalue weighted by Gasteiger charge is -2.07. The zero-order chi connectivity index (χ0) is 13.0. The molecule has 0 bridgehead atoms. The van der Waals surface area contributed by atoms with Gasteiger partial charge in [0.2, 0.25) is 0 Å². The Morgan fingerprint density at radius 3 is 3.11 bits per heavy atom. The third-order valence-corrected chi connectivity index (χ3v) is 2.85. The molecule has 0 aliphatic carbocycles. The summed E-state index contributed by atoms with van der Waals surface area (Å²) in [6.07, 6.45) is 4.82. The molecule has 0 aliphatic heterocycles. The van der Waals surface area contributed by atoms with Gasteiger partial charge in [0.05, 0.1) is 18.3 Å². The van der Waals surface area contributed by atoms with Crippen molar-refractivity contribution in [1.29, 1.82) is 0 Å². The first-order chi connectivity index (χ1) is 8.66. The summed E-state index contributed by atoms with van der Waals surface area (Å²) in [7, 11) is 0. The summed E-state index contributed by atoms with van der Waals surface area (Å²) in [6.45, 7) is 1.01. The van der Waals surface area contributed by atoms with E-state index in [-0.39, 0.29) is 5.91 Å². The second kappa shape index (κ2) is 5.58. The van der Waals surface area contributed by atoms with Gasteiger partial charge in [0.1, 0.15) is 5.82 Å². The van der Waals surface area contributed by atoms with Gasteiger partial charge in [-0.25, -0.2) is 4.98 Å². The van der Waals surface area contributed by atoms with Gasteiger partial charge in [0.15, 0.2) is 0 Å². The number of rotatable bonds is 4. The van der Waals surface area contributed by atoms with E-state index in [2.05, 4.69) is 36.5 Å². The van der Waals surface area contributed by atoms with Crippen LogP contribution in [-0.2, 0) is 6.54 Å². The van der Waals surface area contributed by atoms with E-state index in [1.807, 2.05) is 0 Å². The van der Waals surface area contributed by atoms with Gasteiger partial charge in [-0.2, -0.15) is 0 Å². The topological polar surface area (TPSA) is 98.7 Å². The first-order valence-electron chi connectivity index (χ1n) is 5.20. The zero-order valence-corrected chi connectivity index (χ0v) is 11.0. The van der Waals surface area contributed by atoms with Crippen molar-refractivity contribution in [2.24, 2.45) is 0 Å². The zero-order valence-electron chi connectivity index (χ0n) is 9.38. The van der Waals surface area contributed by atoms with Crippen LogP contribution in [0.15, 0.2) is 29.1 Å². The van der Waals surface area contributed by atoms with Gasteiger partial charge in [0.25, 0.3) is 5.91 Å². The van der Waals surface area contributed by atoms with E-state index in [1.54, 1.807) is 17.1 Å². The largest absolute Gasteiger partial charge is 0.384 e. The quantitative estimate of drug-likeness (QED) is 0.854. The Kier molecular flexibility index (Phi) is 3.88. The Morgan fingerprint density at radius 1 is 1.56 bits per heavy atom. The fourth-order valence-electron chi connectivity index (χ4n) is 1.36. The number of nitrogens with two attached hydrogens (primary N) is 1. The summed E-state index contributed by atoms with van der Waals surface area (Å²) in [5.41, 5.74) is 6.00. The SMILES string of the molecule is Nc1cc(C(=O)NCCn2ccnn2)c(Br)cn1. The molecule has 0 fully saturated rings. The minimum Gasteiger partial charge on any atom is -0.384 e. The molecule has 0 spiro atoms. The third kappa shape index (κ3) is 3.04. The molecule has 0 saturated carbocycles. The van der Waals surface area contributed by atoms with Crippen molar-refractivity contribution in [2.45, 2.75) is 6.54 Å². The van der Waals surface area contributed by atoms with E-state index < -0.39 is 0 Å². The van der Waals surface area contributed by atoms with Crippen molar-refractivity contribution in [3.8, 4) is 0 Å². The summed E-state index contributed by atoms with van der Waals surface area (Å²) in [6, 6.07) is 1.52. The standard InChI is InChI=1S/C10H11BrN6O/c11-8-6-14-9(12)5-7(8)10(18)13-1-3-17-4-2-15-16-17/h2,4-6H,1,3H2,(H2,12,14)(H,13,18). The van der Waals surface area contributed by atoms with E-state index in [0.717, 1.165) is 0 Å². The molecular weight excluding hydrogens is 300 g/mol. The van der Waals surface area contributed by atoms with E-state index >= 15 is 0 Å². The molecule has 2 aromatic rings. The number of amides is 1. The Balaban J connectivity index is 1.93. The Hall–Kier alpha value is -1.96. The van der Waals surface area contributed by atoms with Crippen LogP contribution >= 0.6 is 15.9 Å². The summed E-state index contributed by atoms with van der Waals surface area (Å²) >= 11 is 3.26. The van der Waals surface area contributed by atoms with Crippen molar-refractivity contribution >= 4 is 27.7 Å². The number of nitrogen functional groups attached to an aromatic ring is 1. The average molecular weight is 311 g/mol.